The quantitative estimate of drug-likeness (QED) is 0.867. The lowest BCUT2D eigenvalue weighted by molar-refractivity contribution is -0.132. The zero-order chi connectivity index (χ0) is 16.3. The Kier molecular flexibility index (Phi) is 6.24. The summed E-state index contributed by atoms with van der Waals surface area (Å²) in [6, 6.07) is 9.31. The van der Waals surface area contributed by atoms with Crippen molar-refractivity contribution in [2.24, 2.45) is 11.3 Å². The van der Waals surface area contributed by atoms with E-state index in [1.807, 2.05) is 42.2 Å². The summed E-state index contributed by atoms with van der Waals surface area (Å²) in [4.78, 5) is 27.0. The van der Waals surface area contributed by atoms with E-state index in [1.54, 1.807) is 0 Å². The maximum Gasteiger partial charge on any atom is 0.253 e. The fraction of sp³-hybridized carbons (Fsp3) is 0.556. The van der Waals surface area contributed by atoms with Crippen LogP contribution in [-0.4, -0.2) is 49.4 Å². The minimum atomic E-state index is -0.486. The van der Waals surface area contributed by atoms with Gasteiger partial charge in [0, 0.05) is 44.2 Å². The molecule has 6 heteroatoms. The molecule has 1 atom stereocenters. The van der Waals surface area contributed by atoms with Gasteiger partial charge in [-0.05, 0) is 31.9 Å². The first-order valence-corrected chi connectivity index (χ1v) is 8.42. The molecule has 2 heterocycles. The molecule has 0 bridgehead atoms. The van der Waals surface area contributed by atoms with E-state index >= 15 is 0 Å². The molecular formula is C18H26ClN3O2. The van der Waals surface area contributed by atoms with Crippen LogP contribution in [0.5, 0.6) is 0 Å². The van der Waals surface area contributed by atoms with Gasteiger partial charge in [-0.25, -0.2) is 0 Å². The van der Waals surface area contributed by atoms with E-state index in [9.17, 15) is 9.59 Å². The molecule has 24 heavy (non-hydrogen) atoms. The standard InChI is InChI=1S/C18H25N3O2.ClH/c1-18(17(23)20-12-14-10-19-11-14)8-5-9-21(13-18)16(22)15-6-3-2-4-7-15;/h2-4,6-7,14,19H,5,8-13H2,1H3,(H,20,23);1H. The van der Waals surface area contributed by atoms with E-state index in [1.165, 1.54) is 0 Å². The van der Waals surface area contributed by atoms with Crippen LogP contribution in [-0.2, 0) is 4.79 Å². The molecule has 2 aliphatic rings. The Hall–Kier alpha value is -1.59. The largest absolute Gasteiger partial charge is 0.355 e. The second-order valence-corrected chi connectivity index (χ2v) is 6.99. The molecule has 1 aromatic carbocycles. The molecule has 0 aromatic heterocycles. The van der Waals surface area contributed by atoms with Gasteiger partial charge in [-0.15, -0.1) is 12.4 Å². The molecule has 1 aromatic rings. The van der Waals surface area contributed by atoms with E-state index in [4.69, 9.17) is 0 Å². The number of amides is 2. The second kappa shape index (κ2) is 7.99. The van der Waals surface area contributed by atoms with Gasteiger partial charge in [0.1, 0.15) is 0 Å². The maximum absolute atomic E-state index is 12.6. The van der Waals surface area contributed by atoms with Crippen molar-refractivity contribution in [3.8, 4) is 0 Å². The molecule has 0 spiro atoms. The summed E-state index contributed by atoms with van der Waals surface area (Å²) in [7, 11) is 0. The molecule has 2 amide bonds. The van der Waals surface area contributed by atoms with Crippen molar-refractivity contribution in [1.82, 2.24) is 15.5 Å². The number of nitrogens with one attached hydrogen (secondary N) is 2. The van der Waals surface area contributed by atoms with Gasteiger partial charge in [-0.2, -0.15) is 0 Å². The average Bonchev–Trinajstić information content (AvgIpc) is 2.53. The monoisotopic (exact) mass is 351 g/mol. The lowest BCUT2D eigenvalue weighted by Crippen LogP contribution is -2.54. The fourth-order valence-electron chi connectivity index (χ4n) is 3.30. The molecule has 0 radical (unpaired) electrons. The number of halogens is 1. The van der Waals surface area contributed by atoms with Crippen molar-refractivity contribution in [2.75, 3.05) is 32.7 Å². The van der Waals surface area contributed by atoms with Gasteiger partial charge in [0.2, 0.25) is 5.91 Å². The minimum absolute atomic E-state index is 0. The highest BCUT2D eigenvalue weighted by Crippen LogP contribution is 2.30. The molecule has 2 saturated heterocycles. The van der Waals surface area contributed by atoms with E-state index in [0.717, 1.165) is 39.0 Å². The normalized spacial score (nSPS) is 23.8. The average molecular weight is 352 g/mol. The SMILES string of the molecule is CC1(C(=O)NCC2CNC2)CCCN(C(=O)c2ccccc2)C1.Cl. The van der Waals surface area contributed by atoms with Gasteiger partial charge in [-0.1, -0.05) is 18.2 Å². The highest BCUT2D eigenvalue weighted by Gasteiger charge is 2.39. The highest BCUT2D eigenvalue weighted by molar-refractivity contribution is 5.95. The first-order chi connectivity index (χ1) is 11.1. The molecule has 0 aliphatic carbocycles. The Labute approximate surface area is 149 Å². The molecule has 3 rings (SSSR count). The topological polar surface area (TPSA) is 61.4 Å². The number of benzene rings is 1. The number of piperidine rings is 1. The van der Waals surface area contributed by atoms with Gasteiger partial charge in [-0.3, -0.25) is 9.59 Å². The molecule has 132 valence electrons. The zero-order valence-electron chi connectivity index (χ0n) is 14.1. The van der Waals surface area contributed by atoms with Gasteiger partial charge in [0.15, 0.2) is 0 Å². The van der Waals surface area contributed by atoms with Crippen molar-refractivity contribution in [1.29, 1.82) is 0 Å². The van der Waals surface area contributed by atoms with Crippen LogP contribution in [0.15, 0.2) is 30.3 Å². The van der Waals surface area contributed by atoms with E-state index < -0.39 is 5.41 Å². The molecule has 0 saturated carbocycles. The summed E-state index contributed by atoms with van der Waals surface area (Å²) >= 11 is 0. The van der Waals surface area contributed by atoms with Gasteiger partial charge in [0.05, 0.1) is 5.41 Å². The number of hydrogen-bond donors (Lipinski definition) is 2. The van der Waals surface area contributed by atoms with Crippen LogP contribution in [0.2, 0.25) is 0 Å². The third kappa shape index (κ3) is 4.08. The molecule has 2 N–H and O–H groups in total. The summed E-state index contributed by atoms with van der Waals surface area (Å²) in [5.74, 6) is 0.649. The van der Waals surface area contributed by atoms with Crippen molar-refractivity contribution in [3.63, 3.8) is 0 Å². The molecular weight excluding hydrogens is 326 g/mol. The van der Waals surface area contributed by atoms with Crippen molar-refractivity contribution >= 4 is 24.2 Å². The predicted molar refractivity (Wildman–Crippen MR) is 96.3 cm³/mol. The van der Waals surface area contributed by atoms with Crippen LogP contribution in [0.3, 0.4) is 0 Å². The molecule has 2 aliphatic heterocycles. The molecule has 5 nitrogen and oxygen atoms in total. The zero-order valence-corrected chi connectivity index (χ0v) is 14.9. The van der Waals surface area contributed by atoms with E-state index in [0.29, 0.717) is 18.0 Å². The Morgan fingerprint density at radius 1 is 1.29 bits per heavy atom. The van der Waals surface area contributed by atoms with Gasteiger partial charge >= 0.3 is 0 Å². The lowest BCUT2D eigenvalue weighted by Gasteiger charge is -2.40. The van der Waals surface area contributed by atoms with Crippen LogP contribution in [0.25, 0.3) is 0 Å². The van der Waals surface area contributed by atoms with Crippen molar-refractivity contribution < 1.29 is 9.59 Å². The predicted octanol–water partition coefficient (Wildman–Crippen LogP) is 1.69. The first-order valence-electron chi connectivity index (χ1n) is 8.42. The first kappa shape index (κ1) is 18.7. The Morgan fingerprint density at radius 3 is 2.62 bits per heavy atom. The van der Waals surface area contributed by atoms with Crippen LogP contribution >= 0.6 is 12.4 Å². The van der Waals surface area contributed by atoms with Crippen LogP contribution in [0.4, 0.5) is 0 Å². The smallest absolute Gasteiger partial charge is 0.253 e. The number of hydrogen-bond acceptors (Lipinski definition) is 3. The van der Waals surface area contributed by atoms with Crippen molar-refractivity contribution in [3.05, 3.63) is 35.9 Å². The Balaban J connectivity index is 0.00000208. The number of likely N-dealkylation sites (tertiary alicyclic amines) is 1. The fourth-order valence-corrected chi connectivity index (χ4v) is 3.30. The van der Waals surface area contributed by atoms with Crippen LogP contribution < -0.4 is 10.6 Å². The number of nitrogens with zero attached hydrogens (tertiary/aromatic N) is 1. The van der Waals surface area contributed by atoms with Gasteiger partial charge in [0.25, 0.3) is 5.91 Å². The molecule has 2 fully saturated rings. The van der Waals surface area contributed by atoms with E-state index in [-0.39, 0.29) is 24.2 Å². The minimum Gasteiger partial charge on any atom is -0.355 e. The summed E-state index contributed by atoms with van der Waals surface area (Å²) in [5, 5.41) is 6.29. The molecule has 1 unspecified atom stereocenters. The lowest BCUT2D eigenvalue weighted by atomic mass is 9.80. The van der Waals surface area contributed by atoms with Crippen LogP contribution in [0, 0.1) is 11.3 Å². The van der Waals surface area contributed by atoms with E-state index in [2.05, 4.69) is 10.6 Å². The second-order valence-electron chi connectivity index (χ2n) is 6.99. The van der Waals surface area contributed by atoms with Crippen molar-refractivity contribution in [2.45, 2.75) is 19.8 Å². The third-order valence-corrected chi connectivity index (χ3v) is 4.97. The van der Waals surface area contributed by atoms with Gasteiger partial charge < -0.3 is 15.5 Å². The highest BCUT2D eigenvalue weighted by atomic mass is 35.5. The number of carbonyl (C=O) groups excluding carboxylic acids is 2. The maximum atomic E-state index is 12.6. The Bertz CT molecular complexity index is 577. The van der Waals surface area contributed by atoms with Crippen LogP contribution in [0.1, 0.15) is 30.1 Å². The Morgan fingerprint density at radius 2 is 2.00 bits per heavy atom. The summed E-state index contributed by atoms with van der Waals surface area (Å²) in [5.41, 5.74) is 0.206. The third-order valence-electron chi connectivity index (χ3n) is 4.97. The summed E-state index contributed by atoms with van der Waals surface area (Å²) in [6.45, 7) is 5.89. The summed E-state index contributed by atoms with van der Waals surface area (Å²) in [6.07, 6.45) is 1.70. The number of carbonyl (C=O) groups is 2. The number of rotatable bonds is 4. The summed E-state index contributed by atoms with van der Waals surface area (Å²) < 4.78 is 0.